The van der Waals surface area contributed by atoms with Crippen molar-refractivity contribution in [2.24, 2.45) is 0 Å². The van der Waals surface area contributed by atoms with E-state index < -0.39 is 16.1 Å². The first-order valence-electron chi connectivity index (χ1n) is 8.95. The number of nitrogens with one attached hydrogen (secondary N) is 1. The first-order chi connectivity index (χ1) is 13.0. The lowest BCUT2D eigenvalue weighted by atomic mass is 10.1. The highest BCUT2D eigenvalue weighted by Gasteiger charge is 2.30. The maximum atomic E-state index is 13.0. The van der Waals surface area contributed by atoms with E-state index in [4.69, 9.17) is 4.74 Å². The van der Waals surface area contributed by atoms with E-state index in [1.807, 2.05) is 37.3 Å². The summed E-state index contributed by atoms with van der Waals surface area (Å²) in [7, 11) is -3.81. The average Bonchev–Trinajstić information content (AvgIpc) is 2.68. The van der Waals surface area contributed by atoms with Gasteiger partial charge < -0.3 is 9.64 Å². The zero-order valence-electron chi connectivity index (χ0n) is 15.3. The van der Waals surface area contributed by atoms with E-state index in [1.165, 1.54) is 0 Å². The fourth-order valence-electron chi connectivity index (χ4n) is 3.01. The number of morpholine rings is 1. The zero-order chi connectivity index (χ0) is 19.3. The van der Waals surface area contributed by atoms with E-state index >= 15 is 0 Å². The minimum absolute atomic E-state index is 0.154. The van der Waals surface area contributed by atoms with Gasteiger partial charge in [0, 0.05) is 13.1 Å². The third kappa shape index (κ3) is 5.15. The molecule has 1 aliphatic rings. The molecule has 3 rings (SSSR count). The summed E-state index contributed by atoms with van der Waals surface area (Å²) in [5, 5.41) is 0. The molecule has 1 atom stereocenters. The van der Waals surface area contributed by atoms with Gasteiger partial charge in [-0.1, -0.05) is 48.0 Å². The summed E-state index contributed by atoms with van der Waals surface area (Å²) in [6, 6.07) is 15.1. The van der Waals surface area contributed by atoms with Crippen LogP contribution in [0, 0.1) is 6.92 Å². The van der Waals surface area contributed by atoms with E-state index in [0.717, 1.165) is 11.1 Å². The molecule has 1 amide bonds. The SMILES string of the molecule is Cc1ccc(S(=O)(=O)NC(Cc2ccccc2)C(=O)N2CCOCC2)cc1. The van der Waals surface area contributed by atoms with E-state index in [0.29, 0.717) is 32.7 Å². The Bertz CT molecular complexity index is 861. The van der Waals surface area contributed by atoms with Crippen LogP contribution in [0.3, 0.4) is 0 Å². The Morgan fingerprint density at radius 3 is 2.33 bits per heavy atom. The number of carbonyl (C=O) groups is 1. The van der Waals surface area contributed by atoms with Crippen molar-refractivity contribution >= 4 is 15.9 Å². The molecule has 2 aromatic rings. The fourth-order valence-corrected chi connectivity index (χ4v) is 4.20. The number of carbonyl (C=O) groups excluding carboxylic acids is 1. The number of amides is 1. The van der Waals surface area contributed by atoms with Crippen LogP contribution in [0.5, 0.6) is 0 Å². The van der Waals surface area contributed by atoms with Crippen LogP contribution in [0.25, 0.3) is 0 Å². The van der Waals surface area contributed by atoms with Gasteiger partial charge in [0.15, 0.2) is 0 Å². The molecule has 27 heavy (non-hydrogen) atoms. The lowest BCUT2D eigenvalue weighted by Gasteiger charge is -2.30. The minimum atomic E-state index is -3.81. The highest BCUT2D eigenvalue weighted by atomic mass is 32.2. The monoisotopic (exact) mass is 388 g/mol. The Kier molecular flexibility index (Phi) is 6.26. The largest absolute Gasteiger partial charge is 0.378 e. The summed E-state index contributed by atoms with van der Waals surface area (Å²) in [5.74, 6) is -0.224. The Morgan fingerprint density at radius 2 is 1.70 bits per heavy atom. The summed E-state index contributed by atoms with van der Waals surface area (Å²) in [6.45, 7) is 3.76. The molecule has 1 heterocycles. The number of hydrogen-bond acceptors (Lipinski definition) is 4. The number of nitrogens with zero attached hydrogens (tertiary/aromatic N) is 1. The Labute approximate surface area is 160 Å². The zero-order valence-corrected chi connectivity index (χ0v) is 16.1. The van der Waals surface area contributed by atoms with Crippen LogP contribution in [-0.4, -0.2) is 51.6 Å². The van der Waals surface area contributed by atoms with Crippen molar-refractivity contribution in [1.29, 1.82) is 0 Å². The molecule has 0 radical (unpaired) electrons. The maximum absolute atomic E-state index is 13.0. The van der Waals surface area contributed by atoms with Crippen LogP contribution in [0.2, 0.25) is 0 Å². The van der Waals surface area contributed by atoms with Gasteiger partial charge in [0.25, 0.3) is 0 Å². The summed E-state index contributed by atoms with van der Waals surface area (Å²) in [6.07, 6.45) is 0.294. The number of ether oxygens (including phenoxy) is 1. The van der Waals surface area contributed by atoms with E-state index in [2.05, 4.69) is 4.72 Å². The highest BCUT2D eigenvalue weighted by Crippen LogP contribution is 2.14. The first kappa shape index (κ1) is 19.5. The molecule has 0 spiro atoms. The van der Waals surface area contributed by atoms with Crippen molar-refractivity contribution in [3.05, 3.63) is 65.7 Å². The normalized spacial score (nSPS) is 16.1. The fraction of sp³-hybridized carbons (Fsp3) is 0.350. The van der Waals surface area contributed by atoms with Gasteiger partial charge in [0.2, 0.25) is 15.9 Å². The molecule has 1 N–H and O–H groups in total. The van der Waals surface area contributed by atoms with Gasteiger partial charge in [-0.25, -0.2) is 8.42 Å². The molecule has 0 bridgehead atoms. The van der Waals surface area contributed by atoms with E-state index in [9.17, 15) is 13.2 Å². The van der Waals surface area contributed by atoms with E-state index in [1.54, 1.807) is 29.2 Å². The van der Waals surface area contributed by atoms with Crippen molar-refractivity contribution < 1.29 is 17.9 Å². The van der Waals surface area contributed by atoms with Gasteiger partial charge >= 0.3 is 0 Å². The predicted molar refractivity (Wildman–Crippen MR) is 103 cm³/mol. The Hall–Kier alpha value is -2.22. The topological polar surface area (TPSA) is 75.7 Å². The Balaban J connectivity index is 1.84. The Morgan fingerprint density at radius 1 is 1.07 bits per heavy atom. The molecular weight excluding hydrogens is 364 g/mol. The molecule has 1 fully saturated rings. The molecule has 7 heteroatoms. The standard InChI is InChI=1S/C20H24N2O4S/c1-16-7-9-18(10-8-16)27(24,25)21-19(15-17-5-3-2-4-6-17)20(23)22-11-13-26-14-12-22/h2-10,19,21H,11-15H2,1H3. The minimum Gasteiger partial charge on any atom is -0.378 e. The van der Waals surface area contributed by atoms with Crippen LogP contribution in [0.4, 0.5) is 0 Å². The van der Waals surface area contributed by atoms with Crippen molar-refractivity contribution in [3.8, 4) is 0 Å². The number of benzene rings is 2. The van der Waals surface area contributed by atoms with Gasteiger partial charge in [-0.2, -0.15) is 4.72 Å². The van der Waals surface area contributed by atoms with Crippen LogP contribution in [0.1, 0.15) is 11.1 Å². The van der Waals surface area contributed by atoms with Crippen LogP contribution >= 0.6 is 0 Å². The van der Waals surface area contributed by atoms with Crippen LogP contribution in [0.15, 0.2) is 59.5 Å². The second kappa shape index (κ2) is 8.65. The smallest absolute Gasteiger partial charge is 0.241 e. The molecule has 144 valence electrons. The van der Waals surface area contributed by atoms with Crippen molar-refractivity contribution in [1.82, 2.24) is 9.62 Å². The van der Waals surface area contributed by atoms with E-state index in [-0.39, 0.29) is 10.8 Å². The average molecular weight is 388 g/mol. The molecule has 0 saturated carbocycles. The quantitative estimate of drug-likeness (QED) is 0.818. The van der Waals surface area contributed by atoms with Crippen LogP contribution in [-0.2, 0) is 26.0 Å². The first-order valence-corrected chi connectivity index (χ1v) is 10.4. The van der Waals surface area contributed by atoms with Gasteiger partial charge in [-0.3, -0.25) is 4.79 Å². The van der Waals surface area contributed by atoms with Crippen molar-refractivity contribution in [2.75, 3.05) is 26.3 Å². The summed E-state index contributed by atoms with van der Waals surface area (Å²) >= 11 is 0. The molecular formula is C20H24N2O4S. The number of rotatable bonds is 6. The summed E-state index contributed by atoms with van der Waals surface area (Å²) in [5.41, 5.74) is 1.87. The molecule has 1 saturated heterocycles. The lowest BCUT2D eigenvalue weighted by Crippen LogP contribution is -2.52. The third-order valence-electron chi connectivity index (χ3n) is 4.53. The molecule has 0 aromatic heterocycles. The predicted octanol–water partition coefficient (Wildman–Crippen LogP) is 1.74. The lowest BCUT2D eigenvalue weighted by molar-refractivity contribution is -0.137. The van der Waals surface area contributed by atoms with Crippen molar-refractivity contribution in [2.45, 2.75) is 24.3 Å². The summed E-state index contributed by atoms with van der Waals surface area (Å²) < 4.78 is 33.6. The highest BCUT2D eigenvalue weighted by molar-refractivity contribution is 7.89. The van der Waals surface area contributed by atoms with Crippen LogP contribution < -0.4 is 4.72 Å². The van der Waals surface area contributed by atoms with Gasteiger partial charge in [-0.15, -0.1) is 0 Å². The molecule has 1 unspecified atom stereocenters. The van der Waals surface area contributed by atoms with Gasteiger partial charge in [-0.05, 0) is 31.0 Å². The number of sulfonamides is 1. The number of aryl methyl sites for hydroxylation is 1. The third-order valence-corrected chi connectivity index (χ3v) is 6.02. The maximum Gasteiger partial charge on any atom is 0.241 e. The second-order valence-electron chi connectivity index (χ2n) is 6.61. The van der Waals surface area contributed by atoms with Gasteiger partial charge in [0.1, 0.15) is 6.04 Å². The van der Waals surface area contributed by atoms with Crippen molar-refractivity contribution in [3.63, 3.8) is 0 Å². The van der Waals surface area contributed by atoms with Gasteiger partial charge in [0.05, 0.1) is 18.1 Å². The molecule has 1 aliphatic heterocycles. The molecule has 6 nitrogen and oxygen atoms in total. The number of hydrogen-bond donors (Lipinski definition) is 1. The molecule has 2 aromatic carbocycles. The molecule has 0 aliphatic carbocycles. The second-order valence-corrected chi connectivity index (χ2v) is 8.33. The summed E-state index contributed by atoms with van der Waals surface area (Å²) in [4.78, 5) is 14.8.